The van der Waals surface area contributed by atoms with Crippen LogP contribution in [0.4, 0.5) is 17.3 Å². The summed E-state index contributed by atoms with van der Waals surface area (Å²) in [5.74, 6) is 1.08. The van der Waals surface area contributed by atoms with Crippen molar-refractivity contribution in [3.05, 3.63) is 67.0 Å². The van der Waals surface area contributed by atoms with E-state index in [0.29, 0.717) is 25.1 Å². The third-order valence-electron chi connectivity index (χ3n) is 3.86. The number of nitriles is 1. The summed E-state index contributed by atoms with van der Waals surface area (Å²) in [6, 6.07) is 19.4. The fraction of sp³-hybridized carbons (Fsp3) is 0.143. The van der Waals surface area contributed by atoms with E-state index in [9.17, 15) is 4.79 Å². The van der Waals surface area contributed by atoms with E-state index in [0.717, 1.165) is 22.6 Å². The highest BCUT2D eigenvalue weighted by atomic mass is 16.1. The molecule has 0 bridgehead atoms. The van der Waals surface area contributed by atoms with E-state index < -0.39 is 0 Å². The van der Waals surface area contributed by atoms with E-state index >= 15 is 0 Å². The molecule has 2 aromatic heterocycles. The molecule has 0 unspecified atom stereocenters. The van der Waals surface area contributed by atoms with E-state index in [4.69, 9.17) is 5.26 Å². The fourth-order valence-corrected chi connectivity index (χ4v) is 2.56. The fourth-order valence-electron chi connectivity index (χ4n) is 2.56. The largest absolute Gasteiger partial charge is 0.340 e. The molecule has 3 rings (SSSR count). The van der Waals surface area contributed by atoms with Crippen molar-refractivity contribution in [1.29, 1.82) is 5.26 Å². The van der Waals surface area contributed by atoms with Crippen molar-refractivity contribution >= 4 is 23.2 Å². The van der Waals surface area contributed by atoms with Crippen LogP contribution in [-0.4, -0.2) is 15.9 Å². The molecule has 6 heteroatoms. The Balaban J connectivity index is 1.72. The molecule has 0 atom stereocenters. The van der Waals surface area contributed by atoms with Crippen LogP contribution in [0.2, 0.25) is 0 Å². The van der Waals surface area contributed by atoms with E-state index in [1.807, 2.05) is 60.7 Å². The van der Waals surface area contributed by atoms with Gasteiger partial charge in [0.05, 0.1) is 6.07 Å². The van der Waals surface area contributed by atoms with Crippen LogP contribution in [0.1, 0.15) is 19.3 Å². The predicted octanol–water partition coefficient (Wildman–Crippen LogP) is 4.52. The van der Waals surface area contributed by atoms with Crippen LogP contribution in [0.5, 0.6) is 0 Å². The molecule has 0 spiro atoms. The van der Waals surface area contributed by atoms with Gasteiger partial charge < -0.3 is 10.6 Å². The highest BCUT2D eigenvalue weighted by Gasteiger charge is 2.06. The second kappa shape index (κ2) is 9.11. The number of anilines is 3. The molecular formula is C21H19N5O. The number of rotatable bonds is 7. The van der Waals surface area contributed by atoms with Crippen LogP contribution in [0.15, 0.2) is 67.0 Å². The van der Waals surface area contributed by atoms with Crippen LogP contribution in [-0.2, 0) is 4.79 Å². The number of pyridine rings is 2. The van der Waals surface area contributed by atoms with Crippen molar-refractivity contribution in [3.8, 4) is 17.2 Å². The molecule has 0 aliphatic heterocycles. The van der Waals surface area contributed by atoms with E-state index in [-0.39, 0.29) is 5.91 Å². The van der Waals surface area contributed by atoms with Crippen LogP contribution < -0.4 is 10.6 Å². The molecule has 134 valence electrons. The molecule has 2 heterocycles. The number of aromatic nitrogens is 2. The van der Waals surface area contributed by atoms with Gasteiger partial charge in [-0.1, -0.05) is 18.2 Å². The van der Waals surface area contributed by atoms with Gasteiger partial charge in [-0.2, -0.15) is 5.26 Å². The normalized spacial score (nSPS) is 10.0. The lowest BCUT2D eigenvalue weighted by Crippen LogP contribution is -2.12. The first-order valence-electron chi connectivity index (χ1n) is 8.66. The summed E-state index contributed by atoms with van der Waals surface area (Å²) in [6.07, 6.45) is 4.61. The molecule has 0 saturated carbocycles. The minimum absolute atomic E-state index is 0.143. The van der Waals surface area contributed by atoms with Crippen molar-refractivity contribution in [2.75, 3.05) is 10.6 Å². The predicted molar refractivity (Wildman–Crippen MR) is 105 cm³/mol. The number of benzene rings is 1. The van der Waals surface area contributed by atoms with Gasteiger partial charge in [0.15, 0.2) is 0 Å². The standard InChI is InChI=1S/C21H19N5O/c22-11-5-4-8-21(27)26-20-15-17(10-13-24-20)16-9-12-23-19(14-16)25-18-6-2-1-3-7-18/h1-3,6-7,9-10,12-15H,4-5,8H2,(H,23,25)(H,24,26,27). The topological polar surface area (TPSA) is 90.7 Å². The Morgan fingerprint density at radius 2 is 1.63 bits per heavy atom. The zero-order valence-corrected chi connectivity index (χ0v) is 14.7. The molecule has 0 aliphatic rings. The van der Waals surface area contributed by atoms with Crippen LogP contribution in [0.25, 0.3) is 11.1 Å². The molecule has 0 fully saturated rings. The maximum atomic E-state index is 11.9. The molecule has 3 aromatic rings. The first kappa shape index (κ1) is 18.1. The van der Waals surface area contributed by atoms with E-state index in [1.165, 1.54) is 0 Å². The van der Waals surface area contributed by atoms with Gasteiger partial charge in [-0.05, 0) is 53.9 Å². The molecule has 1 aromatic carbocycles. The Morgan fingerprint density at radius 1 is 0.963 bits per heavy atom. The lowest BCUT2D eigenvalue weighted by molar-refractivity contribution is -0.116. The van der Waals surface area contributed by atoms with E-state index in [2.05, 4.69) is 20.6 Å². The van der Waals surface area contributed by atoms with Crippen molar-refractivity contribution in [2.45, 2.75) is 19.3 Å². The Hall–Kier alpha value is -3.72. The molecule has 0 aliphatic carbocycles. The van der Waals surface area contributed by atoms with Crippen molar-refractivity contribution in [2.24, 2.45) is 0 Å². The number of nitrogens with one attached hydrogen (secondary N) is 2. The van der Waals surface area contributed by atoms with Crippen LogP contribution in [0, 0.1) is 11.3 Å². The highest BCUT2D eigenvalue weighted by Crippen LogP contribution is 2.24. The van der Waals surface area contributed by atoms with Crippen LogP contribution >= 0.6 is 0 Å². The first-order valence-corrected chi connectivity index (χ1v) is 8.66. The maximum Gasteiger partial charge on any atom is 0.225 e. The second-order valence-electron chi connectivity index (χ2n) is 5.91. The SMILES string of the molecule is N#CCCCC(=O)Nc1cc(-c2ccnc(Nc3ccccc3)c2)ccn1. The average molecular weight is 357 g/mol. The Morgan fingerprint density at radius 3 is 2.33 bits per heavy atom. The number of carbonyl (C=O) groups is 1. The number of unbranched alkanes of at least 4 members (excludes halogenated alkanes) is 1. The van der Waals surface area contributed by atoms with Crippen LogP contribution in [0.3, 0.4) is 0 Å². The zero-order chi connectivity index (χ0) is 18.9. The van der Waals surface area contributed by atoms with E-state index in [1.54, 1.807) is 12.4 Å². The summed E-state index contributed by atoms with van der Waals surface area (Å²) in [6.45, 7) is 0. The highest BCUT2D eigenvalue weighted by molar-refractivity contribution is 5.90. The molecule has 1 amide bonds. The lowest BCUT2D eigenvalue weighted by Gasteiger charge is -2.09. The number of nitrogens with zero attached hydrogens (tertiary/aromatic N) is 3. The Labute approximate surface area is 157 Å². The first-order chi connectivity index (χ1) is 13.2. The summed E-state index contributed by atoms with van der Waals surface area (Å²) in [5, 5.41) is 14.6. The molecule has 0 saturated heterocycles. The quantitative estimate of drug-likeness (QED) is 0.607. The minimum atomic E-state index is -0.143. The molecule has 0 radical (unpaired) electrons. The average Bonchev–Trinajstić information content (AvgIpc) is 2.69. The zero-order valence-electron chi connectivity index (χ0n) is 14.7. The van der Waals surface area contributed by atoms with Gasteiger partial charge in [0.25, 0.3) is 0 Å². The van der Waals surface area contributed by atoms with Crippen molar-refractivity contribution in [1.82, 2.24) is 9.97 Å². The number of carbonyl (C=O) groups excluding carboxylic acids is 1. The Kier molecular flexibility index (Phi) is 6.10. The maximum absolute atomic E-state index is 11.9. The summed E-state index contributed by atoms with van der Waals surface area (Å²) in [5.41, 5.74) is 2.85. The molecule has 6 nitrogen and oxygen atoms in total. The van der Waals surface area contributed by atoms with Crippen molar-refractivity contribution < 1.29 is 4.79 Å². The monoisotopic (exact) mass is 357 g/mol. The number of amides is 1. The molecule has 2 N–H and O–H groups in total. The second-order valence-corrected chi connectivity index (χ2v) is 5.91. The number of hydrogen-bond donors (Lipinski definition) is 2. The number of hydrogen-bond acceptors (Lipinski definition) is 5. The van der Waals surface area contributed by atoms with Gasteiger partial charge in [0, 0.05) is 30.9 Å². The Bertz CT molecular complexity index is 950. The third-order valence-corrected chi connectivity index (χ3v) is 3.86. The van der Waals surface area contributed by atoms with Gasteiger partial charge in [0.1, 0.15) is 11.6 Å². The summed E-state index contributed by atoms with van der Waals surface area (Å²) >= 11 is 0. The van der Waals surface area contributed by atoms with Gasteiger partial charge in [-0.15, -0.1) is 0 Å². The summed E-state index contributed by atoms with van der Waals surface area (Å²) in [4.78, 5) is 20.5. The van der Waals surface area contributed by atoms with Gasteiger partial charge in [-0.3, -0.25) is 4.79 Å². The van der Waals surface area contributed by atoms with Gasteiger partial charge in [0.2, 0.25) is 5.91 Å². The smallest absolute Gasteiger partial charge is 0.225 e. The minimum Gasteiger partial charge on any atom is -0.340 e. The third kappa shape index (κ3) is 5.38. The summed E-state index contributed by atoms with van der Waals surface area (Å²) in [7, 11) is 0. The molecule has 27 heavy (non-hydrogen) atoms. The lowest BCUT2D eigenvalue weighted by atomic mass is 10.1. The van der Waals surface area contributed by atoms with Crippen molar-refractivity contribution in [3.63, 3.8) is 0 Å². The van der Waals surface area contributed by atoms with Gasteiger partial charge in [-0.25, -0.2) is 9.97 Å². The van der Waals surface area contributed by atoms with Gasteiger partial charge >= 0.3 is 0 Å². The molecular weight excluding hydrogens is 338 g/mol. The number of para-hydroxylation sites is 1. The summed E-state index contributed by atoms with van der Waals surface area (Å²) < 4.78 is 0.